The van der Waals surface area contributed by atoms with E-state index >= 15 is 0 Å². The predicted molar refractivity (Wildman–Crippen MR) is 71.7 cm³/mol. The van der Waals surface area contributed by atoms with Crippen molar-refractivity contribution >= 4 is 11.8 Å². The van der Waals surface area contributed by atoms with Gasteiger partial charge in [0.05, 0.1) is 25.0 Å². The van der Waals surface area contributed by atoms with E-state index < -0.39 is 0 Å². The Labute approximate surface area is 107 Å². The maximum absolute atomic E-state index is 5.42. The first-order valence-electron chi connectivity index (χ1n) is 6.18. The van der Waals surface area contributed by atoms with E-state index in [1.54, 1.807) is 13.3 Å². The van der Waals surface area contributed by atoms with Crippen molar-refractivity contribution < 1.29 is 4.74 Å². The van der Waals surface area contributed by atoms with Crippen molar-refractivity contribution in [2.24, 2.45) is 7.05 Å². The summed E-state index contributed by atoms with van der Waals surface area (Å²) in [6.45, 7) is 3.12. The largest absolute Gasteiger partial charge is 0.493 e. The Morgan fingerprint density at radius 2 is 2.53 bits per heavy atom. The third-order valence-electron chi connectivity index (χ3n) is 3.22. The molecule has 2 heterocycles. The van der Waals surface area contributed by atoms with Gasteiger partial charge in [0.25, 0.3) is 0 Å². The molecule has 1 fully saturated rings. The maximum Gasteiger partial charge on any atom is 0.161 e. The number of aryl methyl sites for hydroxylation is 1. The molecule has 1 aliphatic heterocycles. The summed E-state index contributed by atoms with van der Waals surface area (Å²) in [5, 5.41) is 8.52. The highest BCUT2D eigenvalue weighted by atomic mass is 32.2. The van der Waals surface area contributed by atoms with E-state index in [2.05, 4.69) is 29.1 Å². The number of nitrogens with one attached hydrogen (secondary N) is 1. The fraction of sp³-hybridized carbons (Fsp3) is 0.750. The van der Waals surface area contributed by atoms with Crippen LogP contribution in [0.3, 0.4) is 0 Å². The molecule has 1 aromatic rings. The first-order chi connectivity index (χ1) is 8.27. The molecule has 2 unspecified atom stereocenters. The van der Waals surface area contributed by atoms with Crippen LogP contribution in [0.5, 0.6) is 5.75 Å². The zero-order valence-electron chi connectivity index (χ0n) is 10.8. The molecule has 1 aromatic heterocycles. The highest BCUT2D eigenvalue weighted by molar-refractivity contribution is 8.00. The van der Waals surface area contributed by atoms with Crippen LogP contribution >= 0.6 is 11.8 Å². The summed E-state index contributed by atoms with van der Waals surface area (Å²) >= 11 is 2.06. The third kappa shape index (κ3) is 2.60. The molecular weight excluding hydrogens is 234 g/mol. The summed E-state index contributed by atoms with van der Waals surface area (Å²) in [6, 6.07) is 0.343. The molecule has 0 aliphatic carbocycles. The number of aromatic nitrogens is 2. The summed E-state index contributed by atoms with van der Waals surface area (Å²) in [5.41, 5.74) is 1.17. The molecule has 1 aliphatic rings. The van der Waals surface area contributed by atoms with Gasteiger partial charge in [-0.3, -0.25) is 4.68 Å². The van der Waals surface area contributed by atoms with Crippen molar-refractivity contribution in [3.63, 3.8) is 0 Å². The first kappa shape index (κ1) is 12.8. The van der Waals surface area contributed by atoms with Crippen LogP contribution in [-0.4, -0.2) is 34.4 Å². The van der Waals surface area contributed by atoms with Gasteiger partial charge < -0.3 is 10.1 Å². The molecule has 4 nitrogen and oxygen atoms in total. The molecule has 0 aromatic carbocycles. The molecule has 1 N–H and O–H groups in total. The van der Waals surface area contributed by atoms with Gasteiger partial charge in [0.15, 0.2) is 5.75 Å². The lowest BCUT2D eigenvalue weighted by Crippen LogP contribution is -2.31. The molecule has 1 saturated heterocycles. The smallest absolute Gasteiger partial charge is 0.161 e. The van der Waals surface area contributed by atoms with Gasteiger partial charge in [0.2, 0.25) is 0 Å². The van der Waals surface area contributed by atoms with E-state index in [1.807, 2.05) is 11.7 Å². The molecule has 0 radical (unpaired) electrons. The second kappa shape index (κ2) is 5.78. The van der Waals surface area contributed by atoms with E-state index in [1.165, 1.54) is 24.3 Å². The Hall–Kier alpha value is -0.680. The second-order valence-electron chi connectivity index (χ2n) is 4.31. The monoisotopic (exact) mass is 255 g/mol. The Kier molecular flexibility index (Phi) is 4.34. The topological polar surface area (TPSA) is 39.1 Å². The van der Waals surface area contributed by atoms with Gasteiger partial charge in [-0.1, -0.05) is 6.92 Å². The fourth-order valence-corrected chi connectivity index (χ4v) is 3.82. The van der Waals surface area contributed by atoms with Gasteiger partial charge in [0, 0.05) is 12.3 Å². The van der Waals surface area contributed by atoms with Crippen LogP contribution in [0, 0.1) is 0 Å². The van der Waals surface area contributed by atoms with E-state index in [0.717, 1.165) is 12.3 Å². The molecule has 17 heavy (non-hydrogen) atoms. The highest BCUT2D eigenvalue weighted by Crippen LogP contribution is 2.38. The minimum Gasteiger partial charge on any atom is -0.493 e. The van der Waals surface area contributed by atoms with Crippen LogP contribution < -0.4 is 10.1 Å². The lowest BCUT2D eigenvalue weighted by molar-refractivity contribution is 0.391. The van der Waals surface area contributed by atoms with Crippen molar-refractivity contribution in [1.82, 2.24) is 15.1 Å². The van der Waals surface area contributed by atoms with Crippen LogP contribution in [0.1, 0.15) is 31.5 Å². The summed E-state index contributed by atoms with van der Waals surface area (Å²) < 4.78 is 7.36. The van der Waals surface area contributed by atoms with Crippen molar-refractivity contribution in [3.05, 3.63) is 11.9 Å². The van der Waals surface area contributed by atoms with Crippen LogP contribution in [0.25, 0.3) is 0 Å². The summed E-state index contributed by atoms with van der Waals surface area (Å²) in [4.78, 5) is 0. The van der Waals surface area contributed by atoms with Crippen molar-refractivity contribution in [1.29, 1.82) is 0 Å². The standard InChI is InChI=1S/C12H21N3OS/c1-4-13-11(10-6-5-7-17-10)12-9(16-3)8-14-15(12)2/h8,10-11,13H,4-7H2,1-3H3. The van der Waals surface area contributed by atoms with Gasteiger partial charge in [0.1, 0.15) is 0 Å². The SMILES string of the molecule is CCNC(c1c(OC)cnn1C)C1CCCS1. The first-order valence-corrected chi connectivity index (χ1v) is 7.23. The summed E-state index contributed by atoms with van der Waals surface area (Å²) in [6.07, 6.45) is 4.40. The molecule has 0 spiro atoms. The Bertz CT molecular complexity index is 361. The number of ether oxygens (including phenoxy) is 1. The van der Waals surface area contributed by atoms with Crippen molar-refractivity contribution in [2.45, 2.75) is 31.1 Å². The maximum atomic E-state index is 5.42. The van der Waals surface area contributed by atoms with Gasteiger partial charge in [-0.25, -0.2) is 0 Å². The molecule has 0 bridgehead atoms. The van der Waals surface area contributed by atoms with Gasteiger partial charge in [-0.2, -0.15) is 16.9 Å². The normalized spacial score (nSPS) is 21.7. The number of rotatable bonds is 5. The Morgan fingerprint density at radius 3 is 3.12 bits per heavy atom. The van der Waals surface area contributed by atoms with Crippen LogP contribution in [-0.2, 0) is 7.05 Å². The zero-order valence-corrected chi connectivity index (χ0v) is 11.6. The van der Waals surface area contributed by atoms with E-state index in [9.17, 15) is 0 Å². The quantitative estimate of drug-likeness (QED) is 0.873. The highest BCUT2D eigenvalue weighted by Gasteiger charge is 2.30. The molecule has 2 rings (SSSR count). The Morgan fingerprint density at radius 1 is 1.71 bits per heavy atom. The number of thioether (sulfide) groups is 1. The minimum atomic E-state index is 0.343. The summed E-state index contributed by atoms with van der Waals surface area (Å²) in [7, 11) is 3.70. The van der Waals surface area contributed by atoms with Crippen molar-refractivity contribution in [2.75, 3.05) is 19.4 Å². The number of hydrogen-bond donors (Lipinski definition) is 1. The average Bonchev–Trinajstić information content (AvgIpc) is 2.95. The minimum absolute atomic E-state index is 0.343. The molecule has 0 saturated carbocycles. The van der Waals surface area contributed by atoms with Crippen LogP contribution in [0.15, 0.2) is 6.20 Å². The fourth-order valence-electron chi connectivity index (χ4n) is 2.43. The van der Waals surface area contributed by atoms with Crippen molar-refractivity contribution in [3.8, 4) is 5.75 Å². The molecule has 2 atom stereocenters. The van der Waals surface area contributed by atoms with E-state index in [0.29, 0.717) is 11.3 Å². The average molecular weight is 255 g/mol. The summed E-state index contributed by atoms with van der Waals surface area (Å²) in [5.74, 6) is 2.16. The zero-order chi connectivity index (χ0) is 12.3. The number of hydrogen-bond acceptors (Lipinski definition) is 4. The molecule has 0 amide bonds. The van der Waals surface area contributed by atoms with Crippen LogP contribution in [0.4, 0.5) is 0 Å². The number of nitrogens with zero attached hydrogens (tertiary/aromatic N) is 2. The lowest BCUT2D eigenvalue weighted by atomic mass is 10.1. The second-order valence-corrected chi connectivity index (χ2v) is 5.66. The molecular formula is C12H21N3OS. The molecule has 96 valence electrons. The third-order valence-corrected chi connectivity index (χ3v) is 4.68. The van der Waals surface area contributed by atoms with Gasteiger partial charge in [-0.15, -0.1) is 0 Å². The van der Waals surface area contributed by atoms with Gasteiger partial charge in [-0.05, 0) is 25.1 Å². The number of methoxy groups -OCH3 is 1. The van der Waals surface area contributed by atoms with E-state index in [4.69, 9.17) is 4.74 Å². The lowest BCUT2D eigenvalue weighted by Gasteiger charge is -2.24. The van der Waals surface area contributed by atoms with Gasteiger partial charge >= 0.3 is 0 Å². The molecule has 5 heteroatoms. The van der Waals surface area contributed by atoms with Crippen LogP contribution in [0.2, 0.25) is 0 Å². The Balaban J connectivity index is 2.27. The van der Waals surface area contributed by atoms with E-state index in [-0.39, 0.29) is 0 Å². The predicted octanol–water partition coefficient (Wildman–Crippen LogP) is 1.97.